The summed E-state index contributed by atoms with van der Waals surface area (Å²) in [7, 11) is 0. The van der Waals surface area contributed by atoms with E-state index in [0.29, 0.717) is 18.9 Å². The van der Waals surface area contributed by atoms with E-state index in [1.54, 1.807) is 0 Å². The quantitative estimate of drug-likeness (QED) is 0.429. The van der Waals surface area contributed by atoms with Gasteiger partial charge in [0.05, 0.1) is 0 Å². The van der Waals surface area contributed by atoms with Crippen molar-refractivity contribution in [2.75, 3.05) is 37.6 Å². The van der Waals surface area contributed by atoms with Gasteiger partial charge in [0, 0.05) is 38.8 Å². The molecule has 188 valence electrons. The van der Waals surface area contributed by atoms with E-state index in [1.165, 1.54) is 43.6 Å². The second kappa shape index (κ2) is 12.2. The smallest absolute Gasteiger partial charge is 0.245 e. The van der Waals surface area contributed by atoms with Crippen LogP contribution in [0.4, 0.5) is 5.82 Å². The van der Waals surface area contributed by atoms with Gasteiger partial charge in [0.2, 0.25) is 5.91 Å². The fraction of sp³-hybridized carbons (Fsp3) is 0.419. The fourth-order valence-electron chi connectivity index (χ4n) is 5.70. The molecular weight excluding hydrogens is 444 g/mol. The Morgan fingerprint density at radius 2 is 1.47 bits per heavy atom. The van der Waals surface area contributed by atoms with Gasteiger partial charge in [-0.1, -0.05) is 66.7 Å². The van der Waals surface area contributed by atoms with Gasteiger partial charge in [-0.15, -0.1) is 0 Å². The molecule has 2 aliphatic rings. The van der Waals surface area contributed by atoms with Crippen LogP contribution in [0.5, 0.6) is 0 Å². The number of rotatable bonds is 9. The number of pyridine rings is 1. The number of piperidine rings is 1. The van der Waals surface area contributed by atoms with Crippen LogP contribution in [0.25, 0.3) is 0 Å². The van der Waals surface area contributed by atoms with Crippen LogP contribution in [0.15, 0.2) is 85.1 Å². The van der Waals surface area contributed by atoms with Crippen LogP contribution in [0.3, 0.4) is 0 Å². The zero-order chi connectivity index (χ0) is 24.6. The van der Waals surface area contributed by atoms with Crippen LogP contribution in [-0.4, -0.2) is 59.5 Å². The minimum Gasteiger partial charge on any atom is -0.341 e. The number of anilines is 1. The Bertz CT molecular complexity index is 1060. The molecular formula is C31H38N4O. The monoisotopic (exact) mass is 482 g/mol. The molecule has 1 atom stereocenters. The summed E-state index contributed by atoms with van der Waals surface area (Å²) in [5.41, 5.74) is 2.35. The molecule has 5 heteroatoms. The molecule has 2 aliphatic heterocycles. The van der Waals surface area contributed by atoms with Gasteiger partial charge in [0.25, 0.3) is 0 Å². The lowest BCUT2D eigenvalue weighted by Crippen LogP contribution is -2.52. The van der Waals surface area contributed by atoms with Gasteiger partial charge >= 0.3 is 0 Å². The molecule has 5 rings (SSSR count). The molecule has 36 heavy (non-hydrogen) atoms. The van der Waals surface area contributed by atoms with Crippen molar-refractivity contribution in [3.63, 3.8) is 0 Å². The number of hydrogen-bond donors (Lipinski definition) is 0. The Morgan fingerprint density at radius 1 is 0.833 bits per heavy atom. The van der Waals surface area contributed by atoms with Crippen LogP contribution in [0, 0.1) is 5.92 Å². The second-order valence-corrected chi connectivity index (χ2v) is 10.3. The molecule has 3 heterocycles. The van der Waals surface area contributed by atoms with Gasteiger partial charge in [-0.2, -0.15) is 0 Å². The first-order valence-electron chi connectivity index (χ1n) is 13.5. The Labute approximate surface area is 215 Å². The van der Waals surface area contributed by atoms with Crippen molar-refractivity contribution in [2.45, 2.75) is 44.7 Å². The van der Waals surface area contributed by atoms with Gasteiger partial charge in [0.15, 0.2) is 0 Å². The number of carbonyl (C=O) groups is 1. The van der Waals surface area contributed by atoms with Crippen molar-refractivity contribution in [3.05, 3.63) is 96.2 Å². The highest BCUT2D eigenvalue weighted by Gasteiger charge is 2.33. The second-order valence-electron chi connectivity index (χ2n) is 10.3. The Balaban J connectivity index is 1.37. The average Bonchev–Trinajstić information content (AvgIpc) is 3.45. The third-order valence-electron chi connectivity index (χ3n) is 7.71. The normalized spacial score (nSPS) is 17.7. The Morgan fingerprint density at radius 3 is 2.11 bits per heavy atom. The van der Waals surface area contributed by atoms with Gasteiger partial charge in [-0.25, -0.2) is 4.98 Å². The van der Waals surface area contributed by atoms with Crippen molar-refractivity contribution < 1.29 is 4.79 Å². The van der Waals surface area contributed by atoms with E-state index in [0.717, 1.165) is 31.7 Å². The molecule has 0 N–H and O–H groups in total. The largest absolute Gasteiger partial charge is 0.341 e. The minimum atomic E-state index is -0.308. The predicted octanol–water partition coefficient (Wildman–Crippen LogP) is 5.03. The first kappa shape index (κ1) is 24.5. The predicted molar refractivity (Wildman–Crippen MR) is 146 cm³/mol. The van der Waals surface area contributed by atoms with Crippen LogP contribution in [0.1, 0.15) is 36.8 Å². The van der Waals surface area contributed by atoms with Crippen LogP contribution in [-0.2, 0) is 17.8 Å². The molecule has 1 amide bonds. The summed E-state index contributed by atoms with van der Waals surface area (Å²) in [5, 5.41) is 0. The number of aromatic nitrogens is 1. The van der Waals surface area contributed by atoms with Crippen LogP contribution < -0.4 is 4.90 Å². The van der Waals surface area contributed by atoms with Crippen LogP contribution in [0.2, 0.25) is 0 Å². The molecule has 1 unspecified atom stereocenters. The highest BCUT2D eigenvalue weighted by atomic mass is 16.2. The molecule has 0 spiro atoms. The van der Waals surface area contributed by atoms with E-state index >= 15 is 0 Å². The SMILES string of the molecule is O=C(C(Cc1ccccc1)N(Cc1ccccc1)c1ccccn1)N1CCC(CN2CCCC2)CC1. The molecule has 5 nitrogen and oxygen atoms in total. The Hall–Kier alpha value is -3.18. The molecule has 2 fully saturated rings. The van der Waals surface area contributed by atoms with E-state index in [9.17, 15) is 4.79 Å². The van der Waals surface area contributed by atoms with E-state index < -0.39 is 0 Å². The summed E-state index contributed by atoms with van der Waals surface area (Å²) in [4.78, 5) is 25.8. The molecule has 0 radical (unpaired) electrons. The summed E-state index contributed by atoms with van der Waals surface area (Å²) in [5.74, 6) is 1.77. The maximum atomic E-state index is 14.2. The molecule has 0 saturated carbocycles. The average molecular weight is 483 g/mol. The topological polar surface area (TPSA) is 39.7 Å². The molecule has 2 aromatic carbocycles. The van der Waals surface area contributed by atoms with Gasteiger partial charge < -0.3 is 14.7 Å². The number of benzene rings is 2. The minimum absolute atomic E-state index is 0.222. The lowest BCUT2D eigenvalue weighted by atomic mass is 9.94. The van der Waals surface area contributed by atoms with E-state index in [1.807, 2.05) is 36.5 Å². The van der Waals surface area contributed by atoms with E-state index in [2.05, 4.69) is 68.2 Å². The summed E-state index contributed by atoms with van der Waals surface area (Å²) in [6.45, 7) is 6.04. The lowest BCUT2D eigenvalue weighted by molar-refractivity contribution is -0.134. The maximum absolute atomic E-state index is 14.2. The molecule has 0 aliphatic carbocycles. The molecule has 3 aromatic rings. The zero-order valence-electron chi connectivity index (χ0n) is 21.2. The van der Waals surface area contributed by atoms with Gasteiger partial charge in [-0.3, -0.25) is 4.79 Å². The van der Waals surface area contributed by atoms with Crippen molar-refractivity contribution in [1.29, 1.82) is 0 Å². The summed E-state index contributed by atoms with van der Waals surface area (Å²) in [6, 6.07) is 26.5. The third kappa shape index (κ3) is 6.33. The van der Waals surface area contributed by atoms with Crippen molar-refractivity contribution >= 4 is 11.7 Å². The first-order chi connectivity index (χ1) is 17.8. The number of likely N-dealkylation sites (tertiary alicyclic amines) is 2. The number of amides is 1. The summed E-state index contributed by atoms with van der Waals surface area (Å²) < 4.78 is 0. The highest BCUT2D eigenvalue weighted by Crippen LogP contribution is 2.25. The van der Waals surface area contributed by atoms with Crippen molar-refractivity contribution in [3.8, 4) is 0 Å². The maximum Gasteiger partial charge on any atom is 0.245 e. The standard InChI is InChI=1S/C31H38N4O/c36-31(34-21-16-28(17-22-34)24-33-19-9-10-20-33)29(23-26-11-3-1-4-12-26)35(30-15-7-8-18-32-30)25-27-13-5-2-6-14-27/h1-8,11-15,18,28-29H,9-10,16-17,19-25H2. The summed E-state index contributed by atoms with van der Waals surface area (Å²) in [6.07, 6.45) is 7.36. The number of nitrogens with zero attached hydrogens (tertiary/aromatic N) is 4. The number of carbonyl (C=O) groups excluding carboxylic acids is 1. The third-order valence-corrected chi connectivity index (χ3v) is 7.71. The van der Waals surface area contributed by atoms with Crippen LogP contribution >= 0.6 is 0 Å². The molecule has 1 aromatic heterocycles. The van der Waals surface area contributed by atoms with Gasteiger partial charge in [0.1, 0.15) is 11.9 Å². The first-order valence-corrected chi connectivity index (χ1v) is 13.5. The lowest BCUT2D eigenvalue weighted by Gasteiger charge is -2.39. The molecule has 2 saturated heterocycles. The molecule has 0 bridgehead atoms. The highest BCUT2D eigenvalue weighted by molar-refractivity contribution is 5.85. The van der Waals surface area contributed by atoms with E-state index in [-0.39, 0.29) is 11.9 Å². The summed E-state index contributed by atoms with van der Waals surface area (Å²) >= 11 is 0. The number of hydrogen-bond acceptors (Lipinski definition) is 4. The van der Waals surface area contributed by atoms with E-state index in [4.69, 9.17) is 0 Å². The van der Waals surface area contributed by atoms with Gasteiger partial charge in [-0.05, 0) is 68.0 Å². The Kier molecular flexibility index (Phi) is 8.29. The van der Waals surface area contributed by atoms with Crippen molar-refractivity contribution in [2.24, 2.45) is 5.92 Å². The zero-order valence-corrected chi connectivity index (χ0v) is 21.2. The fourth-order valence-corrected chi connectivity index (χ4v) is 5.70. The van der Waals surface area contributed by atoms with Crippen molar-refractivity contribution in [1.82, 2.24) is 14.8 Å².